The summed E-state index contributed by atoms with van der Waals surface area (Å²) in [7, 11) is 0. The molecule has 0 N–H and O–H groups in total. The second-order valence-electron chi connectivity index (χ2n) is 9.86. The molecule has 6 heteroatoms. The zero-order valence-electron chi connectivity index (χ0n) is 20.8. The molecule has 188 valence electrons. The Balaban J connectivity index is 1.37. The van der Waals surface area contributed by atoms with Crippen molar-refractivity contribution in [3.63, 3.8) is 0 Å². The molecule has 0 bridgehead atoms. The molecule has 0 aliphatic carbocycles. The van der Waals surface area contributed by atoms with Crippen molar-refractivity contribution in [2.45, 2.75) is 38.1 Å². The van der Waals surface area contributed by atoms with Gasteiger partial charge in [-0.2, -0.15) is 0 Å². The van der Waals surface area contributed by atoms with E-state index in [4.69, 9.17) is 28.4 Å². The minimum Gasteiger partial charge on any atom is -0.491 e. The van der Waals surface area contributed by atoms with Crippen LogP contribution in [0.15, 0.2) is 60.7 Å². The van der Waals surface area contributed by atoms with Gasteiger partial charge in [-0.3, -0.25) is 0 Å². The Morgan fingerprint density at radius 1 is 0.667 bits per heavy atom. The first-order chi connectivity index (χ1) is 17.6. The van der Waals surface area contributed by atoms with Gasteiger partial charge in [-0.25, -0.2) is 0 Å². The Labute approximate surface area is 212 Å². The molecular formula is C30H32O6. The summed E-state index contributed by atoms with van der Waals surface area (Å²) >= 11 is 0. The Kier molecular flexibility index (Phi) is 6.57. The van der Waals surface area contributed by atoms with E-state index in [1.807, 2.05) is 18.2 Å². The largest absolute Gasteiger partial charge is 0.491 e. The summed E-state index contributed by atoms with van der Waals surface area (Å²) in [5.74, 6) is 2.53. The third kappa shape index (κ3) is 5.84. The summed E-state index contributed by atoms with van der Waals surface area (Å²) in [6.07, 6.45) is 0.624. The van der Waals surface area contributed by atoms with Gasteiger partial charge in [0.15, 0.2) is 0 Å². The summed E-state index contributed by atoms with van der Waals surface area (Å²) in [6, 6.07) is 21.1. The number of ether oxygens (including phenoxy) is 6. The molecule has 0 aromatic heterocycles. The fourth-order valence-corrected chi connectivity index (χ4v) is 4.38. The van der Waals surface area contributed by atoms with Crippen molar-refractivity contribution >= 4 is 0 Å². The zero-order valence-corrected chi connectivity index (χ0v) is 20.8. The average molecular weight is 489 g/mol. The maximum atomic E-state index is 6.28. The lowest BCUT2D eigenvalue weighted by Crippen LogP contribution is -2.12. The fraction of sp³-hybridized carbons (Fsp3) is 0.400. The highest BCUT2D eigenvalue weighted by Gasteiger charge is 2.28. The van der Waals surface area contributed by atoms with Gasteiger partial charge in [-0.05, 0) is 60.9 Å². The average Bonchev–Trinajstić information content (AvgIpc) is 3.75. The summed E-state index contributed by atoms with van der Waals surface area (Å²) in [6.45, 7) is 8.31. The molecule has 0 saturated carbocycles. The smallest absolute Gasteiger partial charge is 0.123 e. The van der Waals surface area contributed by atoms with Crippen molar-refractivity contribution in [1.29, 1.82) is 0 Å². The molecule has 4 atom stereocenters. The molecule has 4 unspecified atom stereocenters. The third-order valence-corrected chi connectivity index (χ3v) is 6.76. The van der Waals surface area contributed by atoms with Crippen molar-refractivity contribution < 1.29 is 28.4 Å². The number of epoxide rings is 3. The molecule has 3 aliphatic heterocycles. The van der Waals surface area contributed by atoms with Gasteiger partial charge in [0.2, 0.25) is 0 Å². The van der Waals surface area contributed by atoms with Gasteiger partial charge in [0, 0.05) is 11.5 Å². The molecule has 3 fully saturated rings. The van der Waals surface area contributed by atoms with Crippen molar-refractivity contribution in [2.75, 3.05) is 39.6 Å². The Morgan fingerprint density at radius 2 is 1.25 bits per heavy atom. The van der Waals surface area contributed by atoms with Crippen LogP contribution in [0.4, 0.5) is 0 Å². The molecule has 3 aromatic carbocycles. The first-order valence-corrected chi connectivity index (χ1v) is 12.7. The summed E-state index contributed by atoms with van der Waals surface area (Å²) in [5.41, 5.74) is 5.85. The molecule has 6 rings (SSSR count). The second kappa shape index (κ2) is 10.1. The molecule has 0 amide bonds. The van der Waals surface area contributed by atoms with E-state index in [0.717, 1.165) is 48.2 Å². The van der Waals surface area contributed by atoms with E-state index in [1.54, 1.807) is 0 Å². The number of rotatable bonds is 12. The van der Waals surface area contributed by atoms with Gasteiger partial charge >= 0.3 is 0 Å². The van der Waals surface area contributed by atoms with Crippen LogP contribution in [-0.2, 0) is 14.2 Å². The SMILES string of the molecule is Cc1ccc(OCC2CO2)c(C(c2ccc(OCC3CO3)cc2)c2cc(OCC3CO3)ccc2C)c1. The maximum absolute atomic E-state index is 6.28. The normalized spacial score (nSPS) is 22.6. The molecule has 3 aromatic rings. The first kappa shape index (κ1) is 23.3. The first-order valence-electron chi connectivity index (χ1n) is 12.7. The summed E-state index contributed by atoms with van der Waals surface area (Å²) < 4.78 is 34.2. The Morgan fingerprint density at radius 3 is 1.89 bits per heavy atom. The highest BCUT2D eigenvalue weighted by molar-refractivity contribution is 5.54. The standard InChI is InChI=1S/C30H32O6/c1-19-3-10-29(36-18-26-17-35-26)28(11-19)30(21-5-8-22(9-6-21)31-13-24-15-33-24)27-12-23(7-4-20(27)2)32-14-25-16-34-25/h3-12,24-26,30H,13-18H2,1-2H3. The lowest BCUT2D eigenvalue weighted by molar-refractivity contribution is 0.260. The number of benzene rings is 3. The van der Waals surface area contributed by atoms with Crippen LogP contribution < -0.4 is 14.2 Å². The topological polar surface area (TPSA) is 65.3 Å². The Bertz CT molecular complexity index is 1190. The molecular weight excluding hydrogens is 456 g/mol. The highest BCUT2D eigenvalue weighted by atomic mass is 16.6. The number of hydrogen-bond donors (Lipinski definition) is 0. The monoisotopic (exact) mass is 488 g/mol. The van der Waals surface area contributed by atoms with Gasteiger partial charge in [0.05, 0.1) is 19.8 Å². The van der Waals surface area contributed by atoms with Gasteiger partial charge < -0.3 is 28.4 Å². The lowest BCUT2D eigenvalue weighted by atomic mass is 9.82. The van der Waals surface area contributed by atoms with Crippen LogP contribution >= 0.6 is 0 Å². The molecule has 3 saturated heterocycles. The summed E-state index contributed by atoms with van der Waals surface area (Å²) in [5, 5.41) is 0. The minimum atomic E-state index is -0.0402. The van der Waals surface area contributed by atoms with Gasteiger partial charge in [0.1, 0.15) is 55.4 Å². The number of hydrogen-bond acceptors (Lipinski definition) is 6. The van der Waals surface area contributed by atoms with E-state index in [0.29, 0.717) is 19.8 Å². The molecule has 3 aliphatic rings. The van der Waals surface area contributed by atoms with Crippen LogP contribution in [0.3, 0.4) is 0 Å². The predicted octanol–water partition coefficient (Wildman–Crippen LogP) is 4.82. The summed E-state index contributed by atoms with van der Waals surface area (Å²) in [4.78, 5) is 0. The van der Waals surface area contributed by atoms with Crippen molar-refractivity contribution in [2.24, 2.45) is 0 Å². The Hall–Kier alpha value is -3.06. The van der Waals surface area contributed by atoms with Crippen molar-refractivity contribution in [3.05, 3.63) is 88.5 Å². The quantitative estimate of drug-likeness (QED) is 0.269. The lowest BCUT2D eigenvalue weighted by Gasteiger charge is -2.25. The molecule has 0 radical (unpaired) electrons. The third-order valence-electron chi connectivity index (χ3n) is 6.76. The molecule has 36 heavy (non-hydrogen) atoms. The van der Waals surface area contributed by atoms with Crippen LogP contribution in [-0.4, -0.2) is 58.0 Å². The van der Waals surface area contributed by atoms with Gasteiger partial charge in [-0.1, -0.05) is 35.9 Å². The molecule has 0 spiro atoms. The van der Waals surface area contributed by atoms with Crippen LogP contribution in [0.25, 0.3) is 0 Å². The predicted molar refractivity (Wildman–Crippen MR) is 135 cm³/mol. The maximum Gasteiger partial charge on any atom is 0.123 e. The van der Waals surface area contributed by atoms with E-state index in [-0.39, 0.29) is 24.2 Å². The van der Waals surface area contributed by atoms with Crippen LogP contribution in [0.5, 0.6) is 17.2 Å². The fourth-order valence-electron chi connectivity index (χ4n) is 4.38. The highest BCUT2D eigenvalue weighted by Crippen LogP contribution is 2.41. The minimum absolute atomic E-state index is 0.0402. The van der Waals surface area contributed by atoms with Crippen molar-refractivity contribution in [1.82, 2.24) is 0 Å². The number of aryl methyl sites for hydroxylation is 2. The van der Waals surface area contributed by atoms with Crippen LogP contribution in [0, 0.1) is 13.8 Å². The van der Waals surface area contributed by atoms with E-state index >= 15 is 0 Å². The zero-order chi connectivity index (χ0) is 24.5. The van der Waals surface area contributed by atoms with E-state index in [1.165, 1.54) is 16.7 Å². The van der Waals surface area contributed by atoms with E-state index in [2.05, 4.69) is 56.3 Å². The van der Waals surface area contributed by atoms with Gasteiger partial charge in [-0.15, -0.1) is 0 Å². The van der Waals surface area contributed by atoms with Crippen molar-refractivity contribution in [3.8, 4) is 17.2 Å². The second-order valence-corrected chi connectivity index (χ2v) is 9.86. The van der Waals surface area contributed by atoms with Crippen LogP contribution in [0.2, 0.25) is 0 Å². The van der Waals surface area contributed by atoms with E-state index in [9.17, 15) is 0 Å². The van der Waals surface area contributed by atoms with Crippen LogP contribution in [0.1, 0.15) is 33.7 Å². The van der Waals surface area contributed by atoms with Gasteiger partial charge in [0.25, 0.3) is 0 Å². The molecule has 3 heterocycles. The molecule has 6 nitrogen and oxygen atoms in total. The van der Waals surface area contributed by atoms with E-state index < -0.39 is 0 Å².